The Balaban J connectivity index is 1.72. The summed E-state index contributed by atoms with van der Waals surface area (Å²) in [5, 5.41) is 0. The summed E-state index contributed by atoms with van der Waals surface area (Å²) in [5.74, 6) is 2.06. The lowest BCUT2D eigenvalue weighted by Gasteiger charge is -2.60. The highest BCUT2D eigenvalue weighted by Gasteiger charge is 2.57. The Bertz CT molecular complexity index is 444. The largest absolute Gasteiger partial charge is 0.339 e. The van der Waals surface area contributed by atoms with E-state index in [9.17, 15) is 4.79 Å². The molecule has 0 aromatic rings. The average molecular weight is 354 g/mol. The van der Waals surface area contributed by atoms with Crippen LogP contribution in [0, 0.1) is 17.3 Å². The minimum Gasteiger partial charge on any atom is -0.339 e. The number of likely N-dealkylation sites (N-methyl/N-ethyl adjacent to an activating group) is 1. The number of amides is 1. The molecule has 0 aliphatic heterocycles. The molecule has 1 amide bonds. The molecule has 0 N–H and O–H groups in total. The normalized spacial score (nSPS) is 40.3. The van der Waals surface area contributed by atoms with Crippen LogP contribution in [0.2, 0.25) is 0 Å². The Morgan fingerprint density at radius 1 is 1.29 bits per heavy atom. The van der Waals surface area contributed by atoms with Crippen molar-refractivity contribution in [2.75, 3.05) is 13.1 Å². The number of rotatable bonds is 5. The van der Waals surface area contributed by atoms with E-state index in [4.69, 9.17) is 0 Å². The number of carbonyl (C=O) groups is 1. The van der Waals surface area contributed by atoms with Crippen LogP contribution in [0.15, 0.2) is 12.2 Å². The van der Waals surface area contributed by atoms with Crippen LogP contribution in [0.5, 0.6) is 0 Å². The first-order valence-corrected chi connectivity index (χ1v) is 9.23. The molecular formula is C18H28BrNO. The van der Waals surface area contributed by atoms with Crippen LogP contribution in [0.25, 0.3) is 0 Å². The summed E-state index contributed by atoms with van der Waals surface area (Å²) in [6.07, 6.45) is 8.62. The maximum absolute atomic E-state index is 12.8. The Hall–Kier alpha value is -0.310. The minimum atomic E-state index is 0.285. The second-order valence-electron chi connectivity index (χ2n) is 8.15. The number of nitrogens with zero attached hydrogens (tertiary/aromatic N) is 1. The fraction of sp³-hybridized carbons (Fsp3) is 0.833. The van der Waals surface area contributed by atoms with Crippen molar-refractivity contribution in [1.29, 1.82) is 0 Å². The van der Waals surface area contributed by atoms with E-state index in [2.05, 4.69) is 29.4 Å². The van der Waals surface area contributed by atoms with Gasteiger partial charge in [-0.25, -0.2) is 0 Å². The van der Waals surface area contributed by atoms with E-state index in [1.165, 1.54) is 38.5 Å². The second kappa shape index (κ2) is 5.40. The van der Waals surface area contributed by atoms with Crippen LogP contribution < -0.4 is 0 Å². The van der Waals surface area contributed by atoms with E-state index in [1.54, 1.807) is 0 Å². The van der Waals surface area contributed by atoms with Gasteiger partial charge in [-0.1, -0.05) is 28.1 Å². The Labute approximate surface area is 137 Å². The third-order valence-corrected chi connectivity index (χ3v) is 6.76. The molecule has 2 unspecified atom stereocenters. The van der Waals surface area contributed by atoms with Gasteiger partial charge >= 0.3 is 0 Å². The zero-order chi connectivity index (χ0) is 15.3. The lowest BCUT2D eigenvalue weighted by Crippen LogP contribution is -2.54. The van der Waals surface area contributed by atoms with E-state index in [0.717, 1.165) is 36.9 Å². The first-order valence-electron chi connectivity index (χ1n) is 8.44. The van der Waals surface area contributed by atoms with E-state index < -0.39 is 0 Å². The fourth-order valence-electron chi connectivity index (χ4n) is 5.68. The van der Waals surface area contributed by atoms with Crippen molar-refractivity contribution < 1.29 is 4.79 Å². The van der Waals surface area contributed by atoms with Crippen molar-refractivity contribution >= 4 is 21.8 Å². The first-order chi connectivity index (χ1) is 9.83. The van der Waals surface area contributed by atoms with E-state index in [-0.39, 0.29) is 5.41 Å². The molecular weight excluding hydrogens is 326 g/mol. The van der Waals surface area contributed by atoms with Gasteiger partial charge in [-0.3, -0.25) is 4.79 Å². The molecule has 4 aliphatic rings. The molecule has 0 aromatic heterocycles. The van der Waals surface area contributed by atoms with Gasteiger partial charge in [-0.15, -0.1) is 0 Å². The van der Waals surface area contributed by atoms with Gasteiger partial charge in [0, 0.05) is 23.8 Å². The molecule has 4 rings (SSSR count). The second-order valence-corrected chi connectivity index (χ2v) is 9.84. The molecule has 118 valence electrons. The summed E-state index contributed by atoms with van der Waals surface area (Å²) in [6, 6.07) is 0. The van der Waals surface area contributed by atoms with E-state index in [0.29, 0.717) is 10.2 Å². The number of hydrogen-bond acceptors (Lipinski definition) is 1. The molecule has 0 saturated heterocycles. The topological polar surface area (TPSA) is 20.3 Å². The minimum absolute atomic E-state index is 0.285. The molecule has 21 heavy (non-hydrogen) atoms. The van der Waals surface area contributed by atoms with Gasteiger partial charge in [0.2, 0.25) is 5.91 Å². The Morgan fingerprint density at radius 3 is 2.38 bits per heavy atom. The smallest absolute Gasteiger partial charge is 0.223 e. The molecule has 0 heterocycles. The van der Waals surface area contributed by atoms with Gasteiger partial charge in [0.1, 0.15) is 0 Å². The Kier molecular flexibility index (Phi) is 4.01. The fourth-order valence-corrected chi connectivity index (χ4v) is 7.19. The number of hydrogen-bond donors (Lipinski definition) is 0. The van der Waals surface area contributed by atoms with Crippen LogP contribution in [-0.2, 0) is 4.79 Å². The van der Waals surface area contributed by atoms with Gasteiger partial charge in [-0.2, -0.15) is 0 Å². The summed E-state index contributed by atoms with van der Waals surface area (Å²) >= 11 is 4.04. The van der Waals surface area contributed by atoms with Crippen molar-refractivity contribution in [2.24, 2.45) is 17.3 Å². The number of alkyl halides is 1. The van der Waals surface area contributed by atoms with Crippen LogP contribution in [-0.4, -0.2) is 28.2 Å². The molecule has 4 bridgehead atoms. The third kappa shape index (κ3) is 3.09. The highest BCUT2D eigenvalue weighted by Crippen LogP contribution is 2.65. The van der Waals surface area contributed by atoms with Gasteiger partial charge in [0.05, 0.1) is 0 Å². The monoisotopic (exact) mass is 353 g/mol. The van der Waals surface area contributed by atoms with Crippen molar-refractivity contribution in [3.8, 4) is 0 Å². The van der Waals surface area contributed by atoms with Crippen LogP contribution in [0.3, 0.4) is 0 Å². The molecule has 4 saturated carbocycles. The maximum Gasteiger partial charge on any atom is 0.223 e. The molecule has 0 spiro atoms. The lowest BCUT2D eigenvalue weighted by molar-refractivity contribution is -0.137. The van der Waals surface area contributed by atoms with Gasteiger partial charge in [-0.05, 0) is 69.6 Å². The van der Waals surface area contributed by atoms with E-state index >= 15 is 0 Å². The quantitative estimate of drug-likeness (QED) is 0.525. The molecule has 2 atom stereocenters. The van der Waals surface area contributed by atoms with E-state index in [1.807, 2.05) is 11.8 Å². The summed E-state index contributed by atoms with van der Waals surface area (Å²) in [7, 11) is 0. The van der Waals surface area contributed by atoms with Crippen molar-refractivity contribution in [2.45, 2.75) is 63.1 Å². The predicted molar refractivity (Wildman–Crippen MR) is 90.5 cm³/mol. The number of halogens is 1. The third-order valence-electron chi connectivity index (χ3n) is 5.83. The van der Waals surface area contributed by atoms with Crippen LogP contribution >= 0.6 is 15.9 Å². The standard InChI is InChI=1S/C18H28BrNO/c1-4-20(11-13(2)3)16(21)10-17-6-14-5-15(7-17)9-18(19,8-14)12-17/h14-15H,2,4-12H2,1,3H3. The molecule has 2 nitrogen and oxygen atoms in total. The summed E-state index contributed by atoms with van der Waals surface area (Å²) in [5.41, 5.74) is 1.36. The molecule has 4 fully saturated rings. The zero-order valence-electron chi connectivity index (χ0n) is 13.5. The Morgan fingerprint density at radius 2 is 1.90 bits per heavy atom. The van der Waals surface area contributed by atoms with Gasteiger partial charge in [0.15, 0.2) is 0 Å². The van der Waals surface area contributed by atoms with Gasteiger partial charge < -0.3 is 4.90 Å². The maximum atomic E-state index is 12.8. The van der Waals surface area contributed by atoms with Crippen LogP contribution in [0.4, 0.5) is 0 Å². The summed E-state index contributed by atoms with van der Waals surface area (Å²) < 4.78 is 0.350. The first kappa shape index (κ1) is 15.6. The summed E-state index contributed by atoms with van der Waals surface area (Å²) in [4.78, 5) is 14.8. The SMILES string of the molecule is C=C(C)CN(CC)C(=O)CC12CC3CC(CC(Br)(C3)C1)C2. The summed E-state index contributed by atoms with van der Waals surface area (Å²) in [6.45, 7) is 9.57. The number of carbonyl (C=O) groups excluding carboxylic acids is 1. The molecule has 4 aliphatic carbocycles. The van der Waals surface area contributed by atoms with Crippen LogP contribution in [0.1, 0.15) is 58.8 Å². The van der Waals surface area contributed by atoms with Gasteiger partial charge in [0.25, 0.3) is 0 Å². The predicted octanol–water partition coefficient (Wildman–Crippen LogP) is 4.54. The molecule has 3 heteroatoms. The zero-order valence-corrected chi connectivity index (χ0v) is 15.0. The average Bonchev–Trinajstić information content (AvgIpc) is 2.31. The molecule has 0 aromatic carbocycles. The van der Waals surface area contributed by atoms with Crippen molar-refractivity contribution in [1.82, 2.24) is 4.90 Å². The highest BCUT2D eigenvalue weighted by molar-refractivity contribution is 9.10. The van der Waals surface area contributed by atoms with Crippen molar-refractivity contribution in [3.63, 3.8) is 0 Å². The highest BCUT2D eigenvalue weighted by atomic mass is 79.9. The molecule has 0 radical (unpaired) electrons. The van der Waals surface area contributed by atoms with Crippen molar-refractivity contribution in [3.05, 3.63) is 12.2 Å². The lowest BCUT2D eigenvalue weighted by atomic mass is 9.48.